The zero-order valence-corrected chi connectivity index (χ0v) is 19.3. The van der Waals surface area contributed by atoms with E-state index in [0.29, 0.717) is 12.5 Å². The minimum Gasteiger partial charge on any atom is -0.489 e. The van der Waals surface area contributed by atoms with Gasteiger partial charge in [-0.1, -0.05) is 42.5 Å². The fourth-order valence-corrected chi connectivity index (χ4v) is 5.79. The van der Waals surface area contributed by atoms with Gasteiger partial charge in [0.1, 0.15) is 12.4 Å². The predicted octanol–water partition coefficient (Wildman–Crippen LogP) is 7.51. The summed E-state index contributed by atoms with van der Waals surface area (Å²) in [5, 5.41) is 0. The van der Waals surface area contributed by atoms with Gasteiger partial charge in [-0.05, 0) is 67.6 Å². The Morgan fingerprint density at radius 3 is 2.59 bits per heavy atom. The van der Waals surface area contributed by atoms with Crippen molar-refractivity contribution in [3.63, 3.8) is 0 Å². The number of benzene rings is 2. The minimum atomic E-state index is 0.137. The highest BCUT2D eigenvalue weighted by Crippen LogP contribution is 2.45. The van der Waals surface area contributed by atoms with Crippen LogP contribution in [-0.2, 0) is 13.7 Å². The number of Topliss-reactive ketones (excluding diaryl/α,β-unsaturated/α-hetero) is 1. The molecule has 1 aliphatic carbocycles. The Balaban J connectivity index is 1.52. The predicted molar refractivity (Wildman–Crippen MR) is 133 cm³/mol. The van der Waals surface area contributed by atoms with Gasteiger partial charge in [0.15, 0.2) is 5.78 Å². The Hall–Kier alpha value is -3.11. The van der Waals surface area contributed by atoms with E-state index >= 15 is 0 Å². The van der Waals surface area contributed by atoms with E-state index in [0.717, 1.165) is 34.5 Å². The lowest BCUT2D eigenvalue weighted by atomic mass is 9.88. The van der Waals surface area contributed by atoms with Gasteiger partial charge >= 0.3 is 0 Å². The molecule has 3 nitrogen and oxygen atoms in total. The van der Waals surface area contributed by atoms with E-state index in [1.54, 1.807) is 18.3 Å². The first kappa shape index (κ1) is 20.8. The molecule has 0 fully saturated rings. The molecule has 2 aromatic carbocycles. The molecular formula is C28H27NO2S. The number of aromatic nitrogens is 1. The molecule has 162 valence electrons. The first-order valence-electron chi connectivity index (χ1n) is 11.2. The van der Waals surface area contributed by atoms with Crippen LogP contribution in [0, 0.1) is 0 Å². The fraction of sp³-hybridized carbons (Fsp3) is 0.250. The van der Waals surface area contributed by atoms with Crippen LogP contribution in [0.3, 0.4) is 0 Å². The van der Waals surface area contributed by atoms with Crippen molar-refractivity contribution in [1.82, 2.24) is 4.57 Å². The summed E-state index contributed by atoms with van der Waals surface area (Å²) < 4.78 is 9.50. The number of hydrogen-bond donors (Lipinski definition) is 0. The number of allylic oxidation sites excluding steroid dienone is 2. The number of ether oxygens (including phenoxy) is 1. The van der Waals surface area contributed by atoms with Crippen molar-refractivity contribution in [2.24, 2.45) is 7.05 Å². The molecule has 0 bridgehead atoms. The van der Waals surface area contributed by atoms with E-state index in [1.807, 2.05) is 18.2 Å². The molecule has 1 aliphatic rings. The Bertz CT molecular complexity index is 1280. The van der Waals surface area contributed by atoms with Crippen LogP contribution in [-0.4, -0.2) is 10.4 Å². The minimum absolute atomic E-state index is 0.137. The molecule has 1 unspecified atom stereocenters. The van der Waals surface area contributed by atoms with Crippen LogP contribution in [0.2, 0.25) is 0 Å². The average Bonchev–Trinajstić information content (AvgIpc) is 3.38. The van der Waals surface area contributed by atoms with E-state index in [4.69, 9.17) is 4.74 Å². The van der Waals surface area contributed by atoms with Crippen molar-refractivity contribution in [3.8, 4) is 17.0 Å². The van der Waals surface area contributed by atoms with E-state index in [9.17, 15) is 4.79 Å². The van der Waals surface area contributed by atoms with Crippen LogP contribution >= 0.6 is 11.3 Å². The Morgan fingerprint density at radius 2 is 1.91 bits per heavy atom. The fourth-order valence-electron chi connectivity index (χ4n) is 4.60. The number of ketones is 1. The molecular weight excluding hydrogens is 414 g/mol. The van der Waals surface area contributed by atoms with E-state index in [2.05, 4.69) is 66.2 Å². The largest absolute Gasteiger partial charge is 0.489 e. The summed E-state index contributed by atoms with van der Waals surface area (Å²) in [6, 6.07) is 20.7. The zero-order valence-electron chi connectivity index (χ0n) is 18.5. The van der Waals surface area contributed by atoms with Gasteiger partial charge in [0.05, 0.1) is 20.8 Å². The summed E-state index contributed by atoms with van der Waals surface area (Å²) in [7, 11) is 2.12. The lowest BCUT2D eigenvalue weighted by Gasteiger charge is -2.19. The van der Waals surface area contributed by atoms with Crippen LogP contribution in [0.1, 0.15) is 52.9 Å². The number of thiophene rings is 1. The molecule has 2 heterocycles. The highest BCUT2D eigenvalue weighted by molar-refractivity contribution is 7.21. The standard InChI is InChI=1S/C28H27NO2S/c1-19(30)25-17-24-28(32-25)26(21-11-7-4-8-12-21)27(29(24)2)22-13-15-23(16-14-22)31-18-20-9-5-3-6-10-20/h3,5-7,9-11,13-17,21H,4,8,12,18H2,1-2H3. The van der Waals surface area contributed by atoms with Gasteiger partial charge in [-0.25, -0.2) is 0 Å². The number of aryl methyl sites for hydroxylation is 1. The summed E-state index contributed by atoms with van der Waals surface area (Å²) in [6.45, 7) is 2.21. The van der Waals surface area contributed by atoms with Crippen molar-refractivity contribution in [1.29, 1.82) is 0 Å². The quantitative estimate of drug-likeness (QED) is 0.229. The molecule has 0 saturated heterocycles. The molecule has 0 radical (unpaired) electrons. The maximum absolute atomic E-state index is 12.0. The molecule has 0 N–H and O–H groups in total. The lowest BCUT2D eigenvalue weighted by Crippen LogP contribution is -2.02. The first-order chi connectivity index (χ1) is 15.6. The van der Waals surface area contributed by atoms with Gasteiger partial charge < -0.3 is 9.30 Å². The number of hydrogen-bond acceptors (Lipinski definition) is 3. The van der Waals surface area contributed by atoms with E-state index < -0.39 is 0 Å². The third kappa shape index (κ3) is 3.91. The summed E-state index contributed by atoms with van der Waals surface area (Å²) in [5.74, 6) is 1.39. The van der Waals surface area contributed by atoms with Crippen LogP contribution < -0.4 is 4.74 Å². The first-order valence-corrected chi connectivity index (χ1v) is 12.0. The van der Waals surface area contributed by atoms with Gasteiger partial charge in [-0.15, -0.1) is 11.3 Å². The Morgan fingerprint density at radius 1 is 1.12 bits per heavy atom. The molecule has 5 rings (SSSR count). The molecule has 1 atom stereocenters. The van der Waals surface area contributed by atoms with Crippen molar-refractivity contribution < 1.29 is 9.53 Å². The SMILES string of the molecule is CC(=O)c1cc2c(s1)c(C1C=CCCC1)c(-c1ccc(OCc3ccccc3)cc1)n2C. The molecule has 0 amide bonds. The molecule has 0 spiro atoms. The number of rotatable bonds is 6. The second-order valence-electron chi connectivity index (χ2n) is 8.47. The van der Waals surface area contributed by atoms with Crippen LogP contribution in [0.4, 0.5) is 0 Å². The summed E-state index contributed by atoms with van der Waals surface area (Å²) in [5.41, 5.74) is 6.09. The van der Waals surface area contributed by atoms with Gasteiger partial charge in [-0.2, -0.15) is 0 Å². The number of carbonyl (C=O) groups is 1. The monoisotopic (exact) mass is 441 g/mol. The summed E-state index contributed by atoms with van der Waals surface area (Å²) in [4.78, 5) is 12.9. The highest BCUT2D eigenvalue weighted by Gasteiger charge is 2.26. The average molecular weight is 442 g/mol. The molecule has 2 aromatic heterocycles. The topological polar surface area (TPSA) is 31.2 Å². The Labute approximate surface area is 193 Å². The lowest BCUT2D eigenvalue weighted by molar-refractivity contribution is 0.102. The molecule has 0 saturated carbocycles. The van der Waals surface area contributed by atoms with Gasteiger partial charge in [0, 0.05) is 18.5 Å². The summed E-state index contributed by atoms with van der Waals surface area (Å²) >= 11 is 1.64. The number of fused-ring (bicyclic) bond motifs is 1. The second kappa shape index (κ2) is 8.79. The normalized spacial score (nSPS) is 15.9. The number of carbonyl (C=O) groups excluding carboxylic acids is 1. The van der Waals surface area contributed by atoms with Gasteiger partial charge in [0.25, 0.3) is 0 Å². The van der Waals surface area contributed by atoms with E-state index in [1.165, 1.54) is 27.9 Å². The van der Waals surface area contributed by atoms with Crippen molar-refractivity contribution in [2.75, 3.05) is 0 Å². The van der Waals surface area contributed by atoms with E-state index in [-0.39, 0.29) is 5.78 Å². The third-order valence-electron chi connectivity index (χ3n) is 6.26. The summed E-state index contributed by atoms with van der Waals surface area (Å²) in [6.07, 6.45) is 8.16. The van der Waals surface area contributed by atoms with Crippen LogP contribution in [0.15, 0.2) is 72.8 Å². The van der Waals surface area contributed by atoms with Crippen molar-refractivity contribution >= 4 is 27.3 Å². The maximum atomic E-state index is 12.0. The maximum Gasteiger partial charge on any atom is 0.169 e. The molecule has 32 heavy (non-hydrogen) atoms. The van der Waals surface area contributed by atoms with Crippen LogP contribution in [0.5, 0.6) is 5.75 Å². The second-order valence-corrected chi connectivity index (χ2v) is 9.52. The Kier molecular flexibility index (Phi) is 5.71. The third-order valence-corrected chi connectivity index (χ3v) is 7.52. The van der Waals surface area contributed by atoms with Crippen molar-refractivity contribution in [2.45, 2.75) is 38.7 Å². The van der Waals surface area contributed by atoms with Gasteiger partial charge in [0.2, 0.25) is 0 Å². The number of nitrogens with zero attached hydrogens (tertiary/aromatic N) is 1. The van der Waals surface area contributed by atoms with Crippen molar-refractivity contribution in [3.05, 3.63) is 88.8 Å². The molecule has 4 aromatic rings. The highest BCUT2D eigenvalue weighted by atomic mass is 32.1. The smallest absolute Gasteiger partial charge is 0.169 e. The van der Waals surface area contributed by atoms with Crippen LogP contribution in [0.25, 0.3) is 21.5 Å². The molecule has 0 aliphatic heterocycles. The zero-order chi connectivity index (χ0) is 22.1. The molecule has 4 heteroatoms. The van der Waals surface area contributed by atoms with Gasteiger partial charge in [-0.3, -0.25) is 4.79 Å².